The molecule has 2 fully saturated rings. The van der Waals surface area contributed by atoms with E-state index in [0.717, 1.165) is 6.54 Å². The molecule has 2 heteroatoms. The summed E-state index contributed by atoms with van der Waals surface area (Å²) in [5.41, 5.74) is 3.15. The zero-order valence-corrected chi connectivity index (χ0v) is 12.1. The van der Waals surface area contributed by atoms with Crippen molar-refractivity contribution in [2.75, 3.05) is 26.2 Å². The van der Waals surface area contributed by atoms with Crippen LogP contribution in [0.1, 0.15) is 43.7 Å². The van der Waals surface area contributed by atoms with Gasteiger partial charge in [0.25, 0.3) is 0 Å². The Balaban J connectivity index is 1.59. The van der Waals surface area contributed by atoms with Gasteiger partial charge in [-0.1, -0.05) is 24.3 Å². The zero-order valence-electron chi connectivity index (χ0n) is 12.1. The quantitative estimate of drug-likeness (QED) is 0.893. The second kappa shape index (κ2) is 5.64. The molecule has 0 amide bonds. The van der Waals surface area contributed by atoms with Crippen LogP contribution in [0.25, 0.3) is 0 Å². The molecule has 2 heterocycles. The van der Waals surface area contributed by atoms with Crippen molar-refractivity contribution in [3.63, 3.8) is 0 Å². The van der Waals surface area contributed by atoms with Gasteiger partial charge >= 0.3 is 0 Å². The molecule has 104 valence electrons. The molecule has 2 nitrogen and oxygen atoms in total. The van der Waals surface area contributed by atoms with E-state index >= 15 is 0 Å². The first kappa shape index (κ1) is 13.1. The third kappa shape index (κ3) is 3.01. The number of rotatable bonds is 4. The van der Waals surface area contributed by atoms with Crippen LogP contribution in [-0.4, -0.2) is 31.1 Å². The van der Waals surface area contributed by atoms with Crippen LogP contribution in [0.2, 0.25) is 0 Å². The average molecular weight is 258 g/mol. The number of hydrogen-bond acceptors (Lipinski definition) is 2. The summed E-state index contributed by atoms with van der Waals surface area (Å²) in [5.74, 6) is 0. The molecule has 0 aliphatic carbocycles. The SMILES string of the molecule is CC1(c2ccc(CCN3CCCC3)cc2)CCCN1. The van der Waals surface area contributed by atoms with Gasteiger partial charge in [-0.15, -0.1) is 0 Å². The summed E-state index contributed by atoms with van der Waals surface area (Å²) in [6.45, 7) is 7.33. The molecule has 2 aliphatic heterocycles. The van der Waals surface area contributed by atoms with Gasteiger partial charge in [0, 0.05) is 12.1 Å². The fourth-order valence-corrected chi connectivity index (χ4v) is 3.47. The zero-order chi connectivity index (χ0) is 13.1. The number of hydrogen-bond donors (Lipinski definition) is 1. The van der Waals surface area contributed by atoms with Gasteiger partial charge in [-0.05, 0) is 69.8 Å². The van der Waals surface area contributed by atoms with E-state index in [-0.39, 0.29) is 5.54 Å². The standard InChI is InChI=1S/C17H26N2/c1-17(10-4-11-18-17)16-7-5-15(6-8-16)9-14-19-12-2-3-13-19/h5-8,18H,2-4,9-14H2,1H3. The fourth-order valence-electron chi connectivity index (χ4n) is 3.47. The van der Waals surface area contributed by atoms with Crippen molar-refractivity contribution in [1.82, 2.24) is 10.2 Å². The highest BCUT2D eigenvalue weighted by Gasteiger charge is 2.29. The Kier molecular flexibility index (Phi) is 3.90. The second-order valence-electron chi connectivity index (χ2n) is 6.36. The normalized spacial score (nSPS) is 28.1. The molecule has 19 heavy (non-hydrogen) atoms. The number of nitrogens with one attached hydrogen (secondary N) is 1. The van der Waals surface area contributed by atoms with E-state index in [0.29, 0.717) is 0 Å². The van der Waals surface area contributed by atoms with Crippen molar-refractivity contribution in [3.8, 4) is 0 Å². The van der Waals surface area contributed by atoms with Gasteiger partial charge in [-0.25, -0.2) is 0 Å². The van der Waals surface area contributed by atoms with Crippen LogP contribution in [0.4, 0.5) is 0 Å². The van der Waals surface area contributed by atoms with Crippen molar-refractivity contribution in [1.29, 1.82) is 0 Å². The predicted molar refractivity (Wildman–Crippen MR) is 80.4 cm³/mol. The van der Waals surface area contributed by atoms with Crippen molar-refractivity contribution >= 4 is 0 Å². The highest BCUT2D eigenvalue weighted by molar-refractivity contribution is 5.29. The van der Waals surface area contributed by atoms with Crippen LogP contribution in [0.5, 0.6) is 0 Å². The molecule has 0 bridgehead atoms. The first-order valence-electron chi connectivity index (χ1n) is 7.83. The first-order valence-corrected chi connectivity index (χ1v) is 7.83. The fraction of sp³-hybridized carbons (Fsp3) is 0.647. The minimum Gasteiger partial charge on any atom is -0.308 e. The Labute approximate surface area is 117 Å². The van der Waals surface area contributed by atoms with Gasteiger partial charge in [0.05, 0.1) is 0 Å². The number of benzene rings is 1. The van der Waals surface area contributed by atoms with Crippen LogP contribution < -0.4 is 5.32 Å². The Morgan fingerprint density at radius 1 is 1.11 bits per heavy atom. The van der Waals surface area contributed by atoms with Crippen LogP contribution in [-0.2, 0) is 12.0 Å². The van der Waals surface area contributed by atoms with E-state index in [9.17, 15) is 0 Å². The van der Waals surface area contributed by atoms with Crippen LogP contribution in [0.3, 0.4) is 0 Å². The molecule has 2 saturated heterocycles. The van der Waals surface area contributed by atoms with Gasteiger partial charge in [0.15, 0.2) is 0 Å². The topological polar surface area (TPSA) is 15.3 Å². The van der Waals surface area contributed by atoms with Crippen LogP contribution in [0.15, 0.2) is 24.3 Å². The summed E-state index contributed by atoms with van der Waals surface area (Å²) in [4.78, 5) is 2.59. The van der Waals surface area contributed by atoms with Gasteiger partial charge in [-0.2, -0.15) is 0 Å². The molecule has 3 rings (SSSR count). The Bertz CT molecular complexity index is 398. The minimum atomic E-state index is 0.216. The number of likely N-dealkylation sites (tertiary alicyclic amines) is 1. The monoisotopic (exact) mass is 258 g/mol. The first-order chi connectivity index (χ1) is 9.26. The van der Waals surface area contributed by atoms with E-state index in [4.69, 9.17) is 0 Å². The lowest BCUT2D eigenvalue weighted by Gasteiger charge is -2.25. The molecule has 0 aromatic heterocycles. The molecule has 1 aromatic rings. The van der Waals surface area contributed by atoms with E-state index in [1.165, 1.54) is 62.9 Å². The molecule has 0 radical (unpaired) electrons. The third-order valence-electron chi connectivity index (χ3n) is 4.88. The summed E-state index contributed by atoms with van der Waals surface area (Å²) in [6.07, 6.45) is 6.55. The van der Waals surface area contributed by atoms with E-state index in [1.54, 1.807) is 0 Å². The number of nitrogens with zero attached hydrogens (tertiary/aromatic N) is 1. The molecule has 1 aromatic carbocycles. The van der Waals surface area contributed by atoms with Crippen molar-refractivity contribution in [2.24, 2.45) is 0 Å². The lowest BCUT2D eigenvalue weighted by Crippen LogP contribution is -2.33. The maximum absolute atomic E-state index is 3.64. The smallest absolute Gasteiger partial charge is 0.0406 e. The summed E-state index contributed by atoms with van der Waals surface area (Å²) in [7, 11) is 0. The average Bonchev–Trinajstić information content (AvgIpc) is 3.09. The van der Waals surface area contributed by atoms with E-state index in [2.05, 4.69) is 41.4 Å². The lowest BCUT2D eigenvalue weighted by molar-refractivity contribution is 0.343. The van der Waals surface area contributed by atoms with Crippen LogP contribution in [0, 0.1) is 0 Å². The minimum absolute atomic E-state index is 0.216. The van der Waals surface area contributed by atoms with Crippen molar-refractivity contribution in [3.05, 3.63) is 35.4 Å². The molecule has 1 N–H and O–H groups in total. The summed E-state index contributed by atoms with van der Waals surface area (Å²) in [5, 5.41) is 3.64. The molecule has 0 spiro atoms. The van der Waals surface area contributed by atoms with Crippen LogP contribution >= 0.6 is 0 Å². The molecule has 2 aliphatic rings. The lowest BCUT2D eigenvalue weighted by atomic mass is 9.90. The molecule has 0 saturated carbocycles. The van der Waals surface area contributed by atoms with Gasteiger partial charge in [-0.3, -0.25) is 0 Å². The molecular formula is C17H26N2. The summed E-state index contributed by atoms with van der Waals surface area (Å²) < 4.78 is 0. The molecule has 1 atom stereocenters. The predicted octanol–water partition coefficient (Wildman–Crippen LogP) is 2.92. The summed E-state index contributed by atoms with van der Waals surface area (Å²) in [6, 6.07) is 9.32. The third-order valence-corrected chi connectivity index (χ3v) is 4.88. The maximum Gasteiger partial charge on any atom is 0.0406 e. The Morgan fingerprint density at radius 3 is 2.47 bits per heavy atom. The molecule has 1 unspecified atom stereocenters. The van der Waals surface area contributed by atoms with Gasteiger partial charge < -0.3 is 10.2 Å². The van der Waals surface area contributed by atoms with Gasteiger partial charge in [0.1, 0.15) is 0 Å². The highest BCUT2D eigenvalue weighted by Crippen LogP contribution is 2.30. The van der Waals surface area contributed by atoms with E-state index in [1.807, 2.05) is 0 Å². The maximum atomic E-state index is 3.64. The largest absolute Gasteiger partial charge is 0.308 e. The highest BCUT2D eigenvalue weighted by atomic mass is 15.1. The van der Waals surface area contributed by atoms with Crippen molar-refractivity contribution in [2.45, 2.75) is 44.6 Å². The second-order valence-corrected chi connectivity index (χ2v) is 6.36. The van der Waals surface area contributed by atoms with Gasteiger partial charge in [0.2, 0.25) is 0 Å². The van der Waals surface area contributed by atoms with Crippen molar-refractivity contribution < 1.29 is 0 Å². The Morgan fingerprint density at radius 2 is 1.84 bits per heavy atom. The molecular weight excluding hydrogens is 232 g/mol. The summed E-state index contributed by atoms with van der Waals surface area (Å²) >= 11 is 0. The van der Waals surface area contributed by atoms with E-state index < -0.39 is 0 Å². The Hall–Kier alpha value is -0.860.